The molecule has 0 aliphatic carbocycles. The minimum atomic E-state index is -1.03. The molecule has 0 spiro atoms. The molecule has 0 amide bonds. The van der Waals surface area contributed by atoms with Crippen molar-refractivity contribution in [2.24, 2.45) is 0 Å². The van der Waals surface area contributed by atoms with Gasteiger partial charge in [0.15, 0.2) is 6.29 Å². The monoisotopic (exact) mass is 337 g/mol. The van der Waals surface area contributed by atoms with Crippen molar-refractivity contribution in [1.82, 2.24) is 5.06 Å². The zero-order valence-electron chi connectivity index (χ0n) is 14.2. The lowest BCUT2D eigenvalue weighted by Gasteiger charge is -2.20. The van der Waals surface area contributed by atoms with E-state index in [2.05, 4.69) is 0 Å². The lowest BCUT2D eigenvalue weighted by Crippen LogP contribution is -2.29. The fraction of sp³-hybridized carbons (Fsp3) is 0.471. The summed E-state index contributed by atoms with van der Waals surface area (Å²) in [5, 5.41) is 19.1. The standard InChI is InChI=1S/C10H9NO3.C7H14O3/c12-6-9(13)10-8-4-2-1-3-7(8)5-11(10)14;1-5(8)6(9)10-7(2,3)4/h1-4,6,10,14H,5H2;5,8H,1-4H3. The first-order valence-electron chi connectivity index (χ1n) is 7.50. The summed E-state index contributed by atoms with van der Waals surface area (Å²) in [6, 6.07) is 6.38. The van der Waals surface area contributed by atoms with E-state index in [-0.39, 0.29) is 6.29 Å². The Morgan fingerprint density at radius 2 is 1.92 bits per heavy atom. The van der Waals surface area contributed by atoms with E-state index in [1.807, 2.05) is 12.1 Å². The highest BCUT2D eigenvalue weighted by atomic mass is 16.6. The molecule has 0 fully saturated rings. The molecule has 1 heterocycles. The summed E-state index contributed by atoms with van der Waals surface area (Å²) in [4.78, 5) is 32.3. The third-order valence-corrected chi connectivity index (χ3v) is 3.11. The molecule has 0 saturated carbocycles. The molecule has 0 bridgehead atoms. The number of carbonyl (C=O) groups excluding carboxylic acids is 3. The van der Waals surface area contributed by atoms with Gasteiger partial charge in [-0.2, -0.15) is 5.06 Å². The number of hydrogen-bond donors (Lipinski definition) is 2. The molecule has 132 valence electrons. The Morgan fingerprint density at radius 1 is 1.33 bits per heavy atom. The van der Waals surface area contributed by atoms with Crippen LogP contribution in [0.5, 0.6) is 0 Å². The largest absolute Gasteiger partial charge is 0.458 e. The molecule has 7 heteroatoms. The maximum Gasteiger partial charge on any atom is 0.335 e. The highest BCUT2D eigenvalue weighted by molar-refractivity contribution is 6.27. The highest BCUT2D eigenvalue weighted by Crippen LogP contribution is 2.31. The number of benzene rings is 1. The van der Waals surface area contributed by atoms with Crippen molar-refractivity contribution in [3.05, 3.63) is 35.4 Å². The third-order valence-electron chi connectivity index (χ3n) is 3.11. The lowest BCUT2D eigenvalue weighted by atomic mass is 10.0. The highest BCUT2D eigenvalue weighted by Gasteiger charge is 2.33. The third kappa shape index (κ3) is 5.52. The van der Waals surface area contributed by atoms with Crippen molar-refractivity contribution in [1.29, 1.82) is 0 Å². The van der Waals surface area contributed by atoms with Crippen LogP contribution < -0.4 is 0 Å². The van der Waals surface area contributed by atoms with E-state index in [1.165, 1.54) is 6.92 Å². The van der Waals surface area contributed by atoms with Crippen LogP contribution in [0.3, 0.4) is 0 Å². The predicted molar refractivity (Wildman–Crippen MR) is 85.1 cm³/mol. The smallest absolute Gasteiger partial charge is 0.335 e. The number of fused-ring (bicyclic) bond motifs is 1. The molecule has 1 aromatic rings. The van der Waals surface area contributed by atoms with Crippen molar-refractivity contribution >= 4 is 18.0 Å². The molecule has 0 aromatic heterocycles. The number of Topliss-reactive ketones (excluding diaryl/α,β-unsaturated/α-hetero) is 1. The number of carbonyl (C=O) groups is 3. The number of hydroxylamine groups is 2. The van der Waals surface area contributed by atoms with Crippen LogP contribution in [-0.4, -0.2) is 45.1 Å². The normalized spacial score (nSPS) is 18.0. The van der Waals surface area contributed by atoms with Gasteiger partial charge in [-0.05, 0) is 38.8 Å². The molecule has 2 rings (SSSR count). The van der Waals surface area contributed by atoms with Crippen molar-refractivity contribution in [2.45, 2.75) is 52.0 Å². The zero-order chi connectivity index (χ0) is 18.5. The molecule has 7 nitrogen and oxygen atoms in total. The number of esters is 1. The molecule has 1 aliphatic rings. The molecule has 2 atom stereocenters. The van der Waals surface area contributed by atoms with Gasteiger partial charge in [0.05, 0.1) is 6.54 Å². The van der Waals surface area contributed by atoms with Gasteiger partial charge < -0.3 is 15.1 Å². The average Bonchev–Trinajstić information content (AvgIpc) is 2.81. The molecular formula is C17H23NO6. The van der Waals surface area contributed by atoms with Crippen molar-refractivity contribution in [3.63, 3.8) is 0 Å². The second-order valence-electron chi connectivity index (χ2n) is 6.43. The first-order valence-corrected chi connectivity index (χ1v) is 7.50. The molecule has 1 aromatic carbocycles. The van der Waals surface area contributed by atoms with Gasteiger partial charge in [0.2, 0.25) is 5.78 Å². The Balaban J connectivity index is 0.000000257. The van der Waals surface area contributed by atoms with Crippen LogP contribution in [0.2, 0.25) is 0 Å². The quantitative estimate of drug-likeness (QED) is 0.488. The van der Waals surface area contributed by atoms with E-state index in [0.717, 1.165) is 10.6 Å². The number of nitrogens with zero attached hydrogens (tertiary/aromatic N) is 1. The number of aldehydes is 1. The maximum atomic E-state index is 11.2. The van der Waals surface area contributed by atoms with E-state index in [0.29, 0.717) is 12.1 Å². The second kappa shape index (κ2) is 8.14. The molecular weight excluding hydrogens is 314 g/mol. The Kier molecular flexibility index (Phi) is 6.77. The summed E-state index contributed by atoms with van der Waals surface area (Å²) in [5.41, 5.74) is 1.09. The SMILES string of the molecule is CC(O)C(=O)OC(C)(C)C.O=CC(=O)C1c2ccccc2CN1O. The van der Waals surface area contributed by atoms with Crippen LogP contribution in [0.25, 0.3) is 0 Å². The summed E-state index contributed by atoms with van der Waals surface area (Å²) in [7, 11) is 0. The first kappa shape index (κ1) is 20.0. The van der Waals surface area contributed by atoms with Gasteiger partial charge in [-0.1, -0.05) is 24.3 Å². The van der Waals surface area contributed by atoms with Gasteiger partial charge in [-0.3, -0.25) is 9.59 Å². The zero-order valence-corrected chi connectivity index (χ0v) is 14.2. The second-order valence-corrected chi connectivity index (χ2v) is 6.43. The fourth-order valence-corrected chi connectivity index (χ4v) is 2.12. The molecule has 2 unspecified atom stereocenters. The molecule has 24 heavy (non-hydrogen) atoms. The van der Waals surface area contributed by atoms with Gasteiger partial charge >= 0.3 is 5.97 Å². The summed E-state index contributed by atoms with van der Waals surface area (Å²) >= 11 is 0. The lowest BCUT2D eigenvalue weighted by molar-refractivity contribution is -0.164. The van der Waals surface area contributed by atoms with Crippen LogP contribution in [0.1, 0.15) is 44.9 Å². The minimum Gasteiger partial charge on any atom is -0.458 e. The van der Waals surface area contributed by atoms with Gasteiger partial charge in [0.1, 0.15) is 17.7 Å². The van der Waals surface area contributed by atoms with E-state index in [1.54, 1.807) is 32.9 Å². The van der Waals surface area contributed by atoms with Gasteiger partial charge in [0.25, 0.3) is 0 Å². The van der Waals surface area contributed by atoms with Crippen LogP contribution >= 0.6 is 0 Å². The van der Waals surface area contributed by atoms with E-state index in [4.69, 9.17) is 9.84 Å². The van der Waals surface area contributed by atoms with Crippen LogP contribution in [-0.2, 0) is 25.7 Å². The number of hydrogen-bond acceptors (Lipinski definition) is 7. The summed E-state index contributed by atoms with van der Waals surface area (Å²) < 4.78 is 4.81. The van der Waals surface area contributed by atoms with Crippen LogP contribution in [0.15, 0.2) is 24.3 Å². The first-order chi connectivity index (χ1) is 11.1. The van der Waals surface area contributed by atoms with Crippen LogP contribution in [0, 0.1) is 0 Å². The van der Waals surface area contributed by atoms with Crippen molar-refractivity contribution in [2.75, 3.05) is 0 Å². The predicted octanol–water partition coefficient (Wildman–Crippen LogP) is 1.41. The van der Waals surface area contributed by atoms with E-state index in [9.17, 15) is 19.6 Å². The number of ether oxygens (including phenoxy) is 1. The molecule has 0 saturated heterocycles. The Hall–Kier alpha value is -2.09. The molecule has 1 aliphatic heterocycles. The Morgan fingerprint density at radius 3 is 2.38 bits per heavy atom. The van der Waals surface area contributed by atoms with E-state index < -0.39 is 29.5 Å². The Bertz CT molecular complexity index is 605. The van der Waals surface area contributed by atoms with E-state index >= 15 is 0 Å². The topological polar surface area (TPSA) is 104 Å². The van der Waals surface area contributed by atoms with Gasteiger partial charge in [0, 0.05) is 0 Å². The van der Waals surface area contributed by atoms with Crippen molar-refractivity contribution in [3.8, 4) is 0 Å². The average molecular weight is 337 g/mol. The number of ketones is 1. The van der Waals surface area contributed by atoms with Crippen molar-refractivity contribution < 1.29 is 29.4 Å². The summed E-state index contributed by atoms with van der Waals surface area (Å²) in [6.07, 6.45) is -0.782. The number of aliphatic hydroxyl groups excluding tert-OH is 1. The molecule has 2 N–H and O–H groups in total. The summed E-state index contributed by atoms with van der Waals surface area (Å²) in [6.45, 7) is 6.95. The molecule has 0 radical (unpaired) electrons. The van der Waals surface area contributed by atoms with Gasteiger partial charge in [-0.25, -0.2) is 4.79 Å². The number of aliphatic hydroxyl groups is 1. The van der Waals surface area contributed by atoms with Gasteiger partial charge in [-0.15, -0.1) is 0 Å². The maximum absolute atomic E-state index is 11.2. The number of rotatable bonds is 3. The Labute approximate surface area is 140 Å². The summed E-state index contributed by atoms with van der Waals surface area (Å²) in [5.74, 6) is -1.19. The fourth-order valence-electron chi connectivity index (χ4n) is 2.12. The van der Waals surface area contributed by atoms with Crippen LogP contribution in [0.4, 0.5) is 0 Å². The minimum absolute atomic E-state index is 0.246.